The first kappa shape index (κ1) is 20.2. The van der Waals surface area contributed by atoms with Crippen molar-refractivity contribution in [3.8, 4) is 5.75 Å². The highest BCUT2D eigenvalue weighted by atomic mass is 79.9. The SMILES string of the molecule is COC(=O)CCCCCCC(=O)N/N=C/c1ccc(OC)c(Br)c1. The Hall–Kier alpha value is -1.89. The predicted octanol–water partition coefficient (Wildman–Crippen LogP) is 3.42. The summed E-state index contributed by atoms with van der Waals surface area (Å²) >= 11 is 3.39. The highest BCUT2D eigenvalue weighted by Gasteiger charge is 2.02. The van der Waals surface area contributed by atoms with Crippen molar-refractivity contribution >= 4 is 34.0 Å². The lowest BCUT2D eigenvalue weighted by Gasteiger charge is -2.03. The van der Waals surface area contributed by atoms with Crippen LogP contribution in [-0.2, 0) is 14.3 Å². The lowest BCUT2D eigenvalue weighted by atomic mass is 10.1. The number of hydrazone groups is 1. The smallest absolute Gasteiger partial charge is 0.305 e. The Morgan fingerprint density at radius 2 is 1.88 bits per heavy atom. The molecule has 0 unspecified atom stereocenters. The molecule has 1 amide bonds. The predicted molar refractivity (Wildman–Crippen MR) is 96.1 cm³/mol. The molecule has 1 N–H and O–H groups in total. The molecule has 0 bridgehead atoms. The van der Waals surface area contributed by atoms with Gasteiger partial charge in [-0.1, -0.05) is 12.8 Å². The average Bonchev–Trinajstić information content (AvgIpc) is 2.57. The minimum atomic E-state index is -0.188. The second-order valence-electron chi connectivity index (χ2n) is 5.18. The summed E-state index contributed by atoms with van der Waals surface area (Å²) in [5.74, 6) is 0.433. The molecule has 0 atom stereocenters. The van der Waals surface area contributed by atoms with Gasteiger partial charge >= 0.3 is 5.97 Å². The summed E-state index contributed by atoms with van der Waals surface area (Å²) in [5, 5.41) is 3.94. The van der Waals surface area contributed by atoms with Crippen LogP contribution in [0.4, 0.5) is 0 Å². The third-order valence-corrected chi connectivity index (χ3v) is 3.96. The van der Waals surface area contributed by atoms with Gasteiger partial charge in [-0.3, -0.25) is 9.59 Å². The van der Waals surface area contributed by atoms with E-state index in [1.165, 1.54) is 7.11 Å². The highest BCUT2D eigenvalue weighted by Crippen LogP contribution is 2.24. The zero-order chi connectivity index (χ0) is 17.8. The molecule has 0 radical (unpaired) electrons. The van der Waals surface area contributed by atoms with Gasteiger partial charge in [0.05, 0.1) is 24.9 Å². The van der Waals surface area contributed by atoms with Crippen LogP contribution in [0, 0.1) is 0 Å². The van der Waals surface area contributed by atoms with E-state index in [2.05, 4.69) is 31.2 Å². The highest BCUT2D eigenvalue weighted by molar-refractivity contribution is 9.10. The van der Waals surface area contributed by atoms with Gasteiger partial charge in [0.2, 0.25) is 5.91 Å². The zero-order valence-corrected chi connectivity index (χ0v) is 15.6. The molecule has 1 rings (SSSR count). The Morgan fingerprint density at radius 3 is 2.50 bits per heavy atom. The molecule has 0 saturated carbocycles. The van der Waals surface area contributed by atoms with Crippen molar-refractivity contribution in [2.24, 2.45) is 5.10 Å². The number of nitrogens with zero attached hydrogens (tertiary/aromatic N) is 1. The molecule has 0 aliphatic heterocycles. The molecule has 6 nitrogen and oxygen atoms in total. The van der Waals surface area contributed by atoms with E-state index < -0.39 is 0 Å². The first-order chi connectivity index (χ1) is 11.6. The van der Waals surface area contributed by atoms with Crippen molar-refractivity contribution in [2.45, 2.75) is 38.5 Å². The number of nitrogens with one attached hydrogen (secondary N) is 1. The number of hydrogen-bond donors (Lipinski definition) is 1. The van der Waals surface area contributed by atoms with Crippen LogP contribution >= 0.6 is 15.9 Å². The molecule has 0 aliphatic carbocycles. The van der Waals surface area contributed by atoms with E-state index in [-0.39, 0.29) is 11.9 Å². The molecule has 24 heavy (non-hydrogen) atoms. The fourth-order valence-corrected chi connectivity index (χ4v) is 2.57. The van der Waals surface area contributed by atoms with Crippen molar-refractivity contribution in [2.75, 3.05) is 14.2 Å². The number of carbonyl (C=O) groups excluding carboxylic acids is 2. The Labute approximate surface area is 150 Å². The van der Waals surface area contributed by atoms with Crippen molar-refractivity contribution in [3.05, 3.63) is 28.2 Å². The quantitative estimate of drug-likeness (QED) is 0.283. The van der Waals surface area contributed by atoms with Gasteiger partial charge in [-0.2, -0.15) is 5.10 Å². The van der Waals surface area contributed by atoms with Crippen LogP contribution in [0.5, 0.6) is 5.75 Å². The van der Waals surface area contributed by atoms with E-state index in [0.717, 1.165) is 41.5 Å². The van der Waals surface area contributed by atoms with Crippen molar-refractivity contribution in [1.29, 1.82) is 0 Å². The lowest BCUT2D eigenvalue weighted by molar-refractivity contribution is -0.140. The molecular formula is C17H23BrN2O4. The summed E-state index contributed by atoms with van der Waals surface area (Å²) in [6.45, 7) is 0. The van der Waals surface area contributed by atoms with Gasteiger partial charge in [0, 0.05) is 12.8 Å². The normalized spacial score (nSPS) is 10.6. The van der Waals surface area contributed by atoms with E-state index in [4.69, 9.17) is 4.74 Å². The number of ether oxygens (including phenoxy) is 2. The second kappa shape index (κ2) is 11.6. The number of esters is 1. The van der Waals surface area contributed by atoms with Crippen LogP contribution < -0.4 is 10.2 Å². The Bertz CT molecular complexity index is 576. The third-order valence-electron chi connectivity index (χ3n) is 3.34. The fourth-order valence-electron chi connectivity index (χ4n) is 2.01. The molecule has 1 aromatic rings. The third kappa shape index (κ3) is 8.10. The summed E-state index contributed by atoms with van der Waals surface area (Å²) < 4.78 is 10.5. The number of amides is 1. The van der Waals surface area contributed by atoms with Crippen LogP contribution in [0.1, 0.15) is 44.1 Å². The second-order valence-corrected chi connectivity index (χ2v) is 6.03. The summed E-state index contributed by atoms with van der Waals surface area (Å²) in [6.07, 6.45) is 5.81. The van der Waals surface area contributed by atoms with E-state index in [1.807, 2.05) is 18.2 Å². The molecule has 132 valence electrons. The maximum atomic E-state index is 11.7. The first-order valence-corrected chi connectivity index (χ1v) is 8.58. The molecule has 0 heterocycles. The van der Waals surface area contributed by atoms with Crippen LogP contribution in [0.2, 0.25) is 0 Å². The maximum absolute atomic E-state index is 11.7. The molecule has 0 saturated heterocycles. The standard InChI is InChI=1S/C17H23BrN2O4/c1-23-15-10-9-13(11-14(15)18)12-19-20-16(21)7-5-3-4-6-8-17(22)24-2/h9-12H,3-8H2,1-2H3,(H,20,21)/b19-12+. The Kier molecular flexibility index (Phi) is 9.76. The molecule has 0 aromatic heterocycles. The minimum absolute atomic E-state index is 0.119. The Balaban J connectivity index is 2.19. The minimum Gasteiger partial charge on any atom is -0.496 e. The van der Waals surface area contributed by atoms with Crippen LogP contribution in [0.3, 0.4) is 0 Å². The number of hydrogen-bond acceptors (Lipinski definition) is 5. The monoisotopic (exact) mass is 398 g/mol. The zero-order valence-electron chi connectivity index (χ0n) is 14.0. The van der Waals surface area contributed by atoms with Gasteiger partial charge < -0.3 is 9.47 Å². The molecule has 0 aliphatic rings. The van der Waals surface area contributed by atoms with E-state index in [9.17, 15) is 9.59 Å². The van der Waals surface area contributed by atoms with Crippen LogP contribution in [0.25, 0.3) is 0 Å². The molecule has 1 aromatic carbocycles. The summed E-state index contributed by atoms with van der Waals surface area (Å²) in [6, 6.07) is 5.53. The van der Waals surface area contributed by atoms with Crippen LogP contribution in [-0.4, -0.2) is 32.3 Å². The largest absolute Gasteiger partial charge is 0.496 e. The number of carbonyl (C=O) groups is 2. The average molecular weight is 399 g/mol. The van der Waals surface area contributed by atoms with Gasteiger partial charge in [-0.25, -0.2) is 5.43 Å². The van der Waals surface area contributed by atoms with E-state index in [1.54, 1.807) is 13.3 Å². The Morgan fingerprint density at radius 1 is 1.17 bits per heavy atom. The number of unbranched alkanes of at least 4 members (excludes halogenated alkanes) is 3. The number of methoxy groups -OCH3 is 2. The summed E-state index contributed by atoms with van der Waals surface area (Å²) in [4.78, 5) is 22.6. The molecular weight excluding hydrogens is 376 g/mol. The topological polar surface area (TPSA) is 77.0 Å². The fraction of sp³-hybridized carbons (Fsp3) is 0.471. The number of rotatable bonds is 10. The summed E-state index contributed by atoms with van der Waals surface area (Å²) in [5.41, 5.74) is 3.36. The van der Waals surface area contributed by atoms with Gasteiger partial charge in [0.1, 0.15) is 5.75 Å². The number of halogens is 1. The number of benzene rings is 1. The molecule has 0 spiro atoms. The first-order valence-electron chi connectivity index (χ1n) is 7.79. The summed E-state index contributed by atoms with van der Waals surface area (Å²) in [7, 11) is 2.99. The maximum Gasteiger partial charge on any atom is 0.305 e. The lowest BCUT2D eigenvalue weighted by Crippen LogP contribution is -2.16. The van der Waals surface area contributed by atoms with Gasteiger partial charge in [-0.15, -0.1) is 0 Å². The van der Waals surface area contributed by atoms with Gasteiger partial charge in [0.25, 0.3) is 0 Å². The van der Waals surface area contributed by atoms with Crippen LogP contribution in [0.15, 0.2) is 27.8 Å². The van der Waals surface area contributed by atoms with Crippen molar-refractivity contribution < 1.29 is 19.1 Å². The molecule has 0 fully saturated rings. The van der Waals surface area contributed by atoms with Gasteiger partial charge in [-0.05, 0) is 52.5 Å². The van der Waals surface area contributed by atoms with Crippen molar-refractivity contribution in [3.63, 3.8) is 0 Å². The van der Waals surface area contributed by atoms with Gasteiger partial charge in [0.15, 0.2) is 0 Å². The molecule has 7 heteroatoms. The van der Waals surface area contributed by atoms with E-state index >= 15 is 0 Å². The van der Waals surface area contributed by atoms with E-state index in [0.29, 0.717) is 12.8 Å². The van der Waals surface area contributed by atoms with Crippen molar-refractivity contribution in [1.82, 2.24) is 5.43 Å².